The lowest BCUT2D eigenvalue weighted by atomic mass is 10.1. The number of phenolic OH excluding ortho intramolecular Hbond substituents is 2. The third-order valence-electron chi connectivity index (χ3n) is 8.30. The van der Waals surface area contributed by atoms with Crippen molar-refractivity contribution < 1.29 is 88.3 Å². The molecule has 0 saturated carbocycles. The van der Waals surface area contributed by atoms with Gasteiger partial charge < -0.3 is 21.1 Å². The second-order valence-corrected chi connectivity index (χ2v) is 18.1. The number of aromatic hydroxyl groups is 2. The van der Waals surface area contributed by atoms with Crippen molar-refractivity contribution in [3.05, 3.63) is 88.8 Å². The number of phenols is 2. The van der Waals surface area contributed by atoms with Gasteiger partial charge in [0.1, 0.15) is 32.5 Å². The van der Waals surface area contributed by atoms with Crippen LogP contribution in [0.1, 0.15) is 10.5 Å². The first kappa shape index (κ1) is 48.7. The molecule has 29 nitrogen and oxygen atoms in total. The van der Waals surface area contributed by atoms with Gasteiger partial charge in [0, 0.05) is 5.69 Å². The topological polar surface area (TPSA) is 456 Å². The fourth-order valence-corrected chi connectivity index (χ4v) is 8.25. The molecule has 0 radical (unpaired) electrons. The number of aromatic nitrogens is 2. The zero-order valence-electron chi connectivity index (χ0n) is 31.7. The van der Waals surface area contributed by atoms with E-state index in [2.05, 4.69) is 54.5 Å². The van der Waals surface area contributed by atoms with E-state index in [1.54, 1.807) is 0 Å². The molecule has 11 N–H and O–H groups in total. The van der Waals surface area contributed by atoms with Crippen LogP contribution < -0.4 is 11.3 Å². The Kier molecular flexibility index (Phi) is 14.3. The van der Waals surface area contributed by atoms with Crippen molar-refractivity contribution >= 4 is 111 Å². The number of aromatic amines is 1. The highest BCUT2D eigenvalue weighted by Crippen LogP contribution is 2.51. The highest BCUT2D eigenvalue weighted by atomic mass is 32.2. The summed E-state index contributed by atoms with van der Waals surface area (Å²) in [6.45, 7) is 0. The molecule has 6 aromatic rings. The van der Waals surface area contributed by atoms with Gasteiger partial charge in [0.15, 0.2) is 22.9 Å². The molecule has 0 spiro atoms. The number of carboxylic acids is 1. The summed E-state index contributed by atoms with van der Waals surface area (Å²) in [5.74, 6) is -3.88. The molecular formula is C32H23N9O20S5. The summed E-state index contributed by atoms with van der Waals surface area (Å²) in [4.78, 5) is 22.2. The molecule has 1 aromatic heterocycles. The predicted molar refractivity (Wildman–Crippen MR) is 221 cm³/mol. The van der Waals surface area contributed by atoms with Crippen molar-refractivity contribution in [1.29, 1.82) is 0 Å². The minimum Gasteiger partial charge on any atom is -0.505 e. The van der Waals surface area contributed by atoms with E-state index in [9.17, 15) is 63.8 Å². The number of azo groups is 3. The smallest absolute Gasteiger partial charge is 0.356 e. The molecule has 0 unspecified atom stereocenters. The Bertz CT molecular complexity index is 3420. The summed E-state index contributed by atoms with van der Waals surface area (Å²) in [5.41, 5.74) is 0.185. The third-order valence-corrected chi connectivity index (χ3v) is 12.2. The van der Waals surface area contributed by atoms with Gasteiger partial charge in [0.2, 0.25) is 0 Å². The van der Waals surface area contributed by atoms with Crippen LogP contribution in [-0.4, -0.2) is 80.5 Å². The molecule has 6 rings (SSSR count). The number of nitrogens with zero attached hydrogens (tertiary/aromatic N) is 7. The molecule has 5 aromatic carbocycles. The monoisotopic (exact) mass is 1010 g/mol. The third kappa shape index (κ3) is 10.7. The minimum atomic E-state index is -5.32. The number of fused-ring (bicyclic) bond motifs is 1. The van der Waals surface area contributed by atoms with Crippen LogP contribution in [0.15, 0.2) is 133 Å². The molecular weight excluding hydrogens is 991 g/mol. The molecule has 0 aliphatic rings. The minimum absolute atomic E-state index is 0.0700. The van der Waals surface area contributed by atoms with E-state index in [0.717, 1.165) is 60.7 Å². The van der Waals surface area contributed by atoms with Crippen LogP contribution in [0.5, 0.6) is 11.5 Å². The van der Waals surface area contributed by atoms with Crippen molar-refractivity contribution in [2.75, 3.05) is 5.73 Å². The molecule has 34 heteroatoms. The number of benzene rings is 5. The lowest BCUT2D eigenvalue weighted by Gasteiger charge is -2.13. The first-order valence-corrected chi connectivity index (χ1v) is 22.6. The van der Waals surface area contributed by atoms with Crippen LogP contribution in [0.2, 0.25) is 0 Å². The van der Waals surface area contributed by atoms with Gasteiger partial charge in [-0.2, -0.15) is 30.4 Å². The number of carboxylic acid groups (broad SMARTS) is 1. The van der Waals surface area contributed by atoms with Crippen molar-refractivity contribution in [2.45, 2.75) is 24.5 Å². The lowest BCUT2D eigenvalue weighted by Crippen LogP contribution is -2.14. The molecule has 0 aliphatic heterocycles. The lowest BCUT2D eigenvalue weighted by molar-refractivity contribution is -0.432. The van der Waals surface area contributed by atoms with Gasteiger partial charge in [-0.1, -0.05) is 10.1 Å². The number of nitrogen functional groups attached to an aromatic ring is 1. The highest BCUT2D eigenvalue weighted by molar-refractivity contribution is 7.95. The van der Waals surface area contributed by atoms with E-state index in [4.69, 9.17) is 16.2 Å². The van der Waals surface area contributed by atoms with E-state index in [1.165, 1.54) is 6.07 Å². The average molecular weight is 1010 g/mol. The zero-order valence-corrected chi connectivity index (χ0v) is 35.7. The van der Waals surface area contributed by atoms with Crippen LogP contribution in [0, 0.1) is 0 Å². The SMILES string of the molecule is Nc1ccc(N=Nc2c(SOOO)cc3cc(S(=O)(=O)O)c(N=Nc4ccc(N=Nc5c(C(=O)O)[nH]n(-c6ccc(S(=O)(=O)O)cc6)c5=O)cc4SOOO)c(O)c3c2O)c(S(=O)(=O)O)c1. The average Bonchev–Trinajstić information content (AvgIpc) is 3.58. The Hall–Kier alpha value is -6.77. The van der Waals surface area contributed by atoms with Gasteiger partial charge >= 0.3 is 5.97 Å². The Labute approximate surface area is 374 Å². The van der Waals surface area contributed by atoms with Gasteiger partial charge in [-0.25, -0.2) is 20.0 Å². The summed E-state index contributed by atoms with van der Waals surface area (Å²) in [6.07, 6.45) is 0. The number of rotatable bonds is 17. The van der Waals surface area contributed by atoms with Crippen LogP contribution in [0.25, 0.3) is 16.5 Å². The largest absolute Gasteiger partial charge is 0.505 e. The summed E-state index contributed by atoms with van der Waals surface area (Å²) < 4.78 is 111. The Morgan fingerprint density at radius 1 is 0.652 bits per heavy atom. The molecule has 0 bridgehead atoms. The second-order valence-electron chi connectivity index (χ2n) is 12.4. The number of hydrogen-bond donors (Lipinski definition) is 10. The summed E-state index contributed by atoms with van der Waals surface area (Å²) >= 11 is 0.355. The number of aromatic carboxylic acids is 1. The van der Waals surface area contributed by atoms with E-state index < -0.39 is 102 Å². The van der Waals surface area contributed by atoms with Gasteiger partial charge in [-0.15, -0.1) is 34.2 Å². The predicted octanol–water partition coefficient (Wildman–Crippen LogP) is 6.85. The van der Waals surface area contributed by atoms with Gasteiger partial charge in [0.25, 0.3) is 35.9 Å². The standard InChI is InChI=1S/C32H23N9O20S5/c33-14-1-7-19(22(11-14)65(52,53)54)36-37-25-21(63-61-59-48)9-13-10-23(66(55,56)57)26(30(43)24(13)29(25)42)38-35-18-8-2-15(12-20(18)62-60-58-47)34-39-27-28(32(45)46)40-41(31(27)44)16-3-5-17(6-4-16)64(49,50)51/h1-12,40,42-43,47-48H,33H2,(H,45,46)(H,49,50,51)(H,52,53,54)(H,55,56,57). The van der Waals surface area contributed by atoms with E-state index >= 15 is 0 Å². The highest BCUT2D eigenvalue weighted by Gasteiger charge is 2.27. The molecule has 0 fully saturated rings. The fourth-order valence-electron chi connectivity index (χ4n) is 5.49. The van der Waals surface area contributed by atoms with E-state index in [0.29, 0.717) is 10.7 Å². The summed E-state index contributed by atoms with van der Waals surface area (Å²) in [6, 6.07) is 12.1. The molecule has 346 valence electrons. The van der Waals surface area contributed by atoms with Crippen LogP contribution in [0.3, 0.4) is 0 Å². The zero-order chi connectivity index (χ0) is 48.3. The number of carbonyl (C=O) groups is 1. The van der Waals surface area contributed by atoms with E-state index in [-0.39, 0.29) is 62.0 Å². The van der Waals surface area contributed by atoms with Gasteiger partial charge in [-0.05, 0) is 78.2 Å². The maximum atomic E-state index is 13.2. The van der Waals surface area contributed by atoms with Crippen LogP contribution >= 0.6 is 24.1 Å². The first-order valence-electron chi connectivity index (χ1n) is 16.8. The van der Waals surface area contributed by atoms with Crippen molar-refractivity contribution in [2.24, 2.45) is 30.7 Å². The van der Waals surface area contributed by atoms with E-state index in [1.807, 2.05) is 0 Å². The molecule has 0 saturated heterocycles. The second kappa shape index (κ2) is 19.4. The number of nitrogens with one attached hydrogen (secondary N) is 1. The van der Waals surface area contributed by atoms with Crippen molar-refractivity contribution in [3.8, 4) is 17.2 Å². The van der Waals surface area contributed by atoms with Crippen molar-refractivity contribution in [1.82, 2.24) is 9.78 Å². The Balaban J connectivity index is 1.43. The van der Waals surface area contributed by atoms with Crippen LogP contribution in [-0.2, 0) is 49.1 Å². The maximum absolute atomic E-state index is 13.2. The first-order chi connectivity index (χ1) is 31.0. The maximum Gasteiger partial charge on any atom is 0.356 e. The van der Waals surface area contributed by atoms with Gasteiger partial charge in [0.05, 0.1) is 55.5 Å². The Morgan fingerprint density at radius 3 is 1.83 bits per heavy atom. The number of H-pyrrole nitrogens is 1. The molecule has 0 amide bonds. The number of nitrogens with two attached hydrogens (primary N) is 1. The number of anilines is 1. The molecule has 1 heterocycles. The van der Waals surface area contributed by atoms with Gasteiger partial charge in [-0.3, -0.25) is 23.6 Å². The summed E-state index contributed by atoms with van der Waals surface area (Å²) in [5, 5.41) is 81.4. The summed E-state index contributed by atoms with van der Waals surface area (Å²) in [7, 11) is -14.9. The quantitative estimate of drug-likeness (QED) is 0.0111. The van der Waals surface area contributed by atoms with Crippen molar-refractivity contribution in [3.63, 3.8) is 0 Å². The van der Waals surface area contributed by atoms with Crippen LogP contribution in [0.4, 0.5) is 39.8 Å². The number of hydrogen-bond acceptors (Lipinski definition) is 25. The Morgan fingerprint density at radius 2 is 1.23 bits per heavy atom. The molecule has 0 aliphatic carbocycles. The molecule has 66 heavy (non-hydrogen) atoms. The fraction of sp³-hybridized carbons (Fsp3) is 0. The normalized spacial score (nSPS) is 12.6. The molecule has 0 atom stereocenters.